The van der Waals surface area contributed by atoms with Crippen LogP contribution in [0, 0.1) is 11.8 Å². The number of unbranched alkanes of at least 4 members (excludes halogenated alkanes) is 17. The van der Waals surface area contributed by atoms with Crippen LogP contribution in [0.2, 0.25) is 0 Å². The molecule has 0 heterocycles. The molecular weight excluding hydrogens is 622 g/mol. The zero-order valence-corrected chi connectivity index (χ0v) is 34.1. The fraction of sp³-hybridized carbons (Fsp3) is 0.955. The lowest BCUT2D eigenvalue weighted by molar-refractivity contribution is -0.146. The number of ether oxygens (including phenoxy) is 2. The van der Waals surface area contributed by atoms with Gasteiger partial charge in [-0.15, -0.1) is 0 Å². The van der Waals surface area contributed by atoms with Gasteiger partial charge in [-0.25, -0.2) is 0 Å². The van der Waals surface area contributed by atoms with Gasteiger partial charge in [0.1, 0.15) is 0 Å². The Morgan fingerprint density at radius 2 is 0.760 bits per heavy atom. The Morgan fingerprint density at radius 1 is 0.440 bits per heavy atom. The summed E-state index contributed by atoms with van der Waals surface area (Å²) >= 11 is 0. The van der Waals surface area contributed by atoms with Crippen molar-refractivity contribution in [2.45, 2.75) is 220 Å². The van der Waals surface area contributed by atoms with Crippen LogP contribution >= 0.6 is 0 Å². The van der Waals surface area contributed by atoms with Crippen molar-refractivity contribution in [1.29, 1.82) is 0 Å². The second-order valence-electron chi connectivity index (χ2n) is 15.4. The highest BCUT2D eigenvalue weighted by Crippen LogP contribution is 2.21. The molecule has 6 heteroatoms. The predicted octanol–water partition coefficient (Wildman–Crippen LogP) is 12.4. The summed E-state index contributed by atoms with van der Waals surface area (Å²) < 4.78 is 11.6. The Labute approximate surface area is 312 Å². The van der Waals surface area contributed by atoms with E-state index in [-0.39, 0.29) is 18.5 Å². The topological polar surface area (TPSA) is 76.1 Å². The summed E-state index contributed by atoms with van der Waals surface area (Å²) in [5.74, 6) is 0.932. The van der Waals surface area contributed by atoms with Gasteiger partial charge in [-0.05, 0) is 95.7 Å². The number of esters is 2. The van der Waals surface area contributed by atoms with Crippen molar-refractivity contribution in [3.05, 3.63) is 0 Å². The standard InChI is InChI=1S/C44H87NO5/c1-5-9-13-17-18-22-32-42(31-21-16-12-8-4)40-50-44(48)34-24-26-36-45(37-27-28-38-46)35-25-23-33-43(47)49-39-41(29-19-14-10-6-2)30-20-15-11-7-3/h41-42,46H,5-40H2,1-4H3. The van der Waals surface area contributed by atoms with Crippen molar-refractivity contribution in [3.63, 3.8) is 0 Å². The van der Waals surface area contributed by atoms with Crippen LogP contribution < -0.4 is 0 Å². The van der Waals surface area contributed by atoms with Gasteiger partial charge in [0.25, 0.3) is 0 Å². The Morgan fingerprint density at radius 3 is 1.12 bits per heavy atom. The van der Waals surface area contributed by atoms with Gasteiger partial charge in [0, 0.05) is 19.4 Å². The van der Waals surface area contributed by atoms with E-state index in [1.807, 2.05) is 0 Å². The van der Waals surface area contributed by atoms with Gasteiger partial charge < -0.3 is 19.5 Å². The molecule has 1 unspecified atom stereocenters. The monoisotopic (exact) mass is 710 g/mol. The van der Waals surface area contributed by atoms with Crippen LogP contribution in [0.3, 0.4) is 0 Å². The summed E-state index contributed by atoms with van der Waals surface area (Å²) in [7, 11) is 0. The first-order valence-electron chi connectivity index (χ1n) is 22.1. The zero-order valence-electron chi connectivity index (χ0n) is 34.1. The number of aliphatic hydroxyl groups excluding tert-OH is 1. The molecular formula is C44H87NO5. The first-order chi connectivity index (χ1) is 24.5. The molecule has 6 nitrogen and oxygen atoms in total. The van der Waals surface area contributed by atoms with Crippen molar-refractivity contribution >= 4 is 11.9 Å². The van der Waals surface area contributed by atoms with Crippen LogP contribution in [0.5, 0.6) is 0 Å². The predicted molar refractivity (Wildman–Crippen MR) is 214 cm³/mol. The maximum absolute atomic E-state index is 12.6. The molecule has 298 valence electrons. The van der Waals surface area contributed by atoms with Crippen molar-refractivity contribution < 1.29 is 24.2 Å². The van der Waals surface area contributed by atoms with Crippen LogP contribution in [0.4, 0.5) is 0 Å². The molecule has 0 aliphatic carbocycles. The number of rotatable bonds is 40. The average Bonchev–Trinajstić information content (AvgIpc) is 3.12. The number of aliphatic hydroxyl groups is 1. The van der Waals surface area contributed by atoms with Gasteiger partial charge in [0.2, 0.25) is 0 Å². The number of carbonyl (C=O) groups excluding carboxylic acids is 2. The van der Waals surface area contributed by atoms with Gasteiger partial charge in [-0.2, -0.15) is 0 Å². The summed E-state index contributed by atoms with van der Waals surface area (Å²) in [4.78, 5) is 27.7. The van der Waals surface area contributed by atoms with E-state index in [4.69, 9.17) is 9.47 Å². The first-order valence-corrected chi connectivity index (χ1v) is 22.1. The van der Waals surface area contributed by atoms with Crippen LogP contribution in [-0.4, -0.2) is 61.4 Å². The van der Waals surface area contributed by atoms with Crippen molar-refractivity contribution in [1.82, 2.24) is 4.90 Å². The lowest BCUT2D eigenvalue weighted by Crippen LogP contribution is -2.28. The van der Waals surface area contributed by atoms with Gasteiger partial charge in [-0.1, -0.05) is 143 Å². The highest BCUT2D eigenvalue weighted by molar-refractivity contribution is 5.69. The minimum Gasteiger partial charge on any atom is -0.465 e. The second kappa shape index (κ2) is 39.1. The molecule has 1 N–H and O–H groups in total. The number of nitrogens with zero attached hydrogens (tertiary/aromatic N) is 1. The molecule has 0 saturated carbocycles. The van der Waals surface area contributed by atoms with Crippen LogP contribution in [0.1, 0.15) is 220 Å². The quantitative estimate of drug-likeness (QED) is 0.0504. The molecule has 1 atom stereocenters. The smallest absolute Gasteiger partial charge is 0.305 e. The van der Waals surface area contributed by atoms with Crippen molar-refractivity contribution in [3.8, 4) is 0 Å². The maximum Gasteiger partial charge on any atom is 0.305 e. The van der Waals surface area contributed by atoms with Crippen LogP contribution in [-0.2, 0) is 19.1 Å². The molecule has 0 aromatic carbocycles. The third-order valence-electron chi connectivity index (χ3n) is 10.4. The average molecular weight is 710 g/mol. The van der Waals surface area contributed by atoms with Crippen LogP contribution in [0.25, 0.3) is 0 Å². The van der Waals surface area contributed by atoms with Gasteiger partial charge >= 0.3 is 11.9 Å². The van der Waals surface area contributed by atoms with E-state index in [1.54, 1.807) is 0 Å². The lowest BCUT2D eigenvalue weighted by atomic mass is 9.95. The number of hydrogen-bond donors (Lipinski definition) is 1. The largest absolute Gasteiger partial charge is 0.465 e. The second-order valence-corrected chi connectivity index (χ2v) is 15.4. The van der Waals surface area contributed by atoms with E-state index in [2.05, 4.69) is 32.6 Å². The van der Waals surface area contributed by atoms with Crippen LogP contribution in [0.15, 0.2) is 0 Å². The highest BCUT2D eigenvalue weighted by atomic mass is 16.5. The molecule has 0 aliphatic rings. The summed E-state index contributed by atoms with van der Waals surface area (Å²) in [6.45, 7) is 13.3. The van der Waals surface area contributed by atoms with E-state index in [1.165, 1.54) is 141 Å². The Bertz CT molecular complexity index is 705. The van der Waals surface area contributed by atoms with Gasteiger partial charge in [0.15, 0.2) is 0 Å². The fourth-order valence-electron chi connectivity index (χ4n) is 6.97. The Kier molecular flexibility index (Phi) is 38.2. The molecule has 0 aromatic heterocycles. The molecule has 0 radical (unpaired) electrons. The maximum atomic E-state index is 12.6. The third kappa shape index (κ3) is 34.0. The molecule has 0 aromatic rings. The lowest BCUT2D eigenvalue weighted by Gasteiger charge is -2.22. The summed E-state index contributed by atoms with van der Waals surface area (Å²) in [5, 5.41) is 9.29. The Hall–Kier alpha value is -1.14. The number of hydrogen-bond acceptors (Lipinski definition) is 6. The molecule has 0 rings (SSSR count). The summed E-state index contributed by atoms with van der Waals surface area (Å²) in [6.07, 6.45) is 34.2. The molecule has 0 fully saturated rings. The molecule has 50 heavy (non-hydrogen) atoms. The van der Waals surface area contributed by atoms with Gasteiger partial charge in [-0.3, -0.25) is 9.59 Å². The minimum atomic E-state index is -0.0439. The minimum absolute atomic E-state index is 0.0407. The third-order valence-corrected chi connectivity index (χ3v) is 10.4. The first kappa shape index (κ1) is 48.9. The zero-order chi connectivity index (χ0) is 36.8. The van der Waals surface area contributed by atoms with E-state index in [9.17, 15) is 14.7 Å². The summed E-state index contributed by atoms with van der Waals surface area (Å²) in [5.41, 5.74) is 0. The van der Waals surface area contributed by atoms with E-state index >= 15 is 0 Å². The number of carbonyl (C=O) groups is 2. The molecule has 0 amide bonds. The fourth-order valence-corrected chi connectivity index (χ4v) is 6.97. The molecule has 0 bridgehead atoms. The molecule has 0 spiro atoms. The molecule has 0 aliphatic heterocycles. The van der Waals surface area contributed by atoms with E-state index in [0.717, 1.165) is 58.2 Å². The van der Waals surface area contributed by atoms with Crippen molar-refractivity contribution in [2.75, 3.05) is 39.5 Å². The normalized spacial score (nSPS) is 12.2. The highest BCUT2D eigenvalue weighted by Gasteiger charge is 2.15. The SMILES string of the molecule is CCCCCCCCC(CCCCCC)COC(=O)CCCCN(CCCCO)CCCCC(=O)OCC(CCCCCC)CCCCCC. The van der Waals surface area contributed by atoms with E-state index in [0.29, 0.717) is 37.9 Å². The molecule has 0 saturated heterocycles. The summed E-state index contributed by atoms with van der Waals surface area (Å²) in [6, 6.07) is 0. The van der Waals surface area contributed by atoms with Gasteiger partial charge in [0.05, 0.1) is 13.2 Å². The van der Waals surface area contributed by atoms with E-state index < -0.39 is 0 Å². The Balaban J connectivity index is 4.46. The van der Waals surface area contributed by atoms with Crippen molar-refractivity contribution in [2.24, 2.45) is 11.8 Å².